The zero-order valence-corrected chi connectivity index (χ0v) is 7.67. The highest BCUT2D eigenvalue weighted by Gasteiger charge is 1.99. The fourth-order valence-electron chi connectivity index (χ4n) is 0.830. The molecule has 0 aliphatic rings. The summed E-state index contributed by atoms with van der Waals surface area (Å²) in [5, 5.41) is 4.17. The first-order chi connectivity index (χ1) is 5.25. The smallest absolute Gasteiger partial charge is 0.220 e. The molecule has 0 spiro atoms. The molecule has 0 unspecified atom stereocenters. The summed E-state index contributed by atoms with van der Waals surface area (Å²) < 4.78 is 2.58. The summed E-state index contributed by atoms with van der Waals surface area (Å²) in [4.78, 5) is 3.96. The second-order valence-electron chi connectivity index (χ2n) is 2.03. The highest BCUT2D eigenvalue weighted by molar-refractivity contribution is 9.10. The van der Waals surface area contributed by atoms with Gasteiger partial charge in [0.15, 0.2) is 5.65 Å². The van der Waals surface area contributed by atoms with E-state index in [1.54, 1.807) is 10.7 Å². The van der Waals surface area contributed by atoms with Gasteiger partial charge in [-0.15, -0.1) is 5.10 Å². The normalized spacial score (nSPS) is 10.7. The van der Waals surface area contributed by atoms with E-state index in [9.17, 15) is 0 Å². The van der Waals surface area contributed by atoms with E-state index in [1.807, 2.05) is 12.1 Å². The maximum atomic E-state index is 5.58. The molecule has 0 saturated heterocycles. The first-order valence-electron chi connectivity index (χ1n) is 2.93. The molecule has 2 rings (SSSR count). The van der Waals surface area contributed by atoms with E-state index in [2.05, 4.69) is 26.0 Å². The van der Waals surface area contributed by atoms with E-state index < -0.39 is 0 Å². The third-order valence-electron chi connectivity index (χ3n) is 1.27. The van der Waals surface area contributed by atoms with Crippen LogP contribution < -0.4 is 0 Å². The quantitative estimate of drug-likeness (QED) is 0.697. The van der Waals surface area contributed by atoms with E-state index in [0.717, 1.165) is 10.1 Å². The van der Waals surface area contributed by atoms with Gasteiger partial charge in [-0.1, -0.05) is 15.9 Å². The number of fused-ring (bicyclic) bond motifs is 1. The molecule has 0 amide bonds. The van der Waals surface area contributed by atoms with E-state index in [0.29, 0.717) is 0 Å². The summed E-state index contributed by atoms with van der Waals surface area (Å²) in [6.45, 7) is 0. The van der Waals surface area contributed by atoms with Gasteiger partial charge >= 0.3 is 0 Å². The fourth-order valence-corrected chi connectivity index (χ4v) is 1.32. The Kier molecular flexibility index (Phi) is 1.58. The summed E-state index contributed by atoms with van der Waals surface area (Å²) in [6, 6.07) is 3.72. The van der Waals surface area contributed by atoms with Crippen LogP contribution in [0.15, 0.2) is 22.8 Å². The first kappa shape index (κ1) is 7.06. The largest absolute Gasteiger partial charge is 0.243 e. The van der Waals surface area contributed by atoms with Crippen molar-refractivity contribution in [3.63, 3.8) is 0 Å². The minimum atomic E-state index is 0.267. The molecule has 0 N–H and O–H groups in total. The van der Waals surface area contributed by atoms with Crippen molar-refractivity contribution < 1.29 is 0 Å². The van der Waals surface area contributed by atoms with Gasteiger partial charge in [0, 0.05) is 10.7 Å². The fraction of sp³-hybridized carbons (Fsp3) is 0. The molecule has 2 heterocycles. The van der Waals surface area contributed by atoms with Crippen LogP contribution >= 0.6 is 27.5 Å². The molecule has 0 aliphatic carbocycles. The average Bonchev–Trinajstić information content (AvgIpc) is 2.27. The second-order valence-corrected chi connectivity index (χ2v) is 3.28. The minimum Gasteiger partial charge on any atom is -0.220 e. The zero-order valence-electron chi connectivity index (χ0n) is 5.33. The Morgan fingerprint density at radius 1 is 1.55 bits per heavy atom. The van der Waals surface area contributed by atoms with Crippen LogP contribution in [0.4, 0.5) is 0 Å². The Balaban J connectivity index is 2.82. The Morgan fingerprint density at radius 3 is 3.18 bits per heavy atom. The van der Waals surface area contributed by atoms with Gasteiger partial charge in [0.25, 0.3) is 0 Å². The van der Waals surface area contributed by atoms with Gasteiger partial charge in [-0.25, -0.2) is 4.52 Å². The SMILES string of the molecule is Clc1nc2cc(Br)ccn2n1. The Bertz CT molecular complexity index is 398. The molecule has 5 heteroatoms. The third-order valence-corrected chi connectivity index (χ3v) is 1.93. The van der Waals surface area contributed by atoms with Crippen molar-refractivity contribution in [3.8, 4) is 0 Å². The molecule has 0 aliphatic heterocycles. The number of hydrogen-bond donors (Lipinski definition) is 0. The number of hydrogen-bond acceptors (Lipinski definition) is 2. The average molecular weight is 232 g/mol. The van der Waals surface area contributed by atoms with E-state index in [1.165, 1.54) is 0 Å². The van der Waals surface area contributed by atoms with Crippen LogP contribution in [0.2, 0.25) is 5.28 Å². The van der Waals surface area contributed by atoms with Crippen LogP contribution in [-0.2, 0) is 0 Å². The molecule has 0 atom stereocenters. The molecule has 11 heavy (non-hydrogen) atoms. The summed E-state index contributed by atoms with van der Waals surface area (Å²) in [5.74, 6) is 0. The van der Waals surface area contributed by atoms with Crippen LogP contribution in [0.1, 0.15) is 0 Å². The summed E-state index contributed by atoms with van der Waals surface area (Å²) in [7, 11) is 0. The van der Waals surface area contributed by atoms with Crippen molar-refractivity contribution in [1.82, 2.24) is 14.6 Å². The maximum absolute atomic E-state index is 5.58. The van der Waals surface area contributed by atoms with Crippen molar-refractivity contribution in [3.05, 3.63) is 28.1 Å². The molecule has 0 fully saturated rings. The van der Waals surface area contributed by atoms with Crippen molar-refractivity contribution in [1.29, 1.82) is 0 Å². The zero-order chi connectivity index (χ0) is 7.84. The van der Waals surface area contributed by atoms with Crippen molar-refractivity contribution in [2.24, 2.45) is 0 Å². The molecule has 0 bridgehead atoms. The van der Waals surface area contributed by atoms with Crippen LogP contribution in [0.3, 0.4) is 0 Å². The van der Waals surface area contributed by atoms with Crippen LogP contribution in [0.5, 0.6) is 0 Å². The molecule has 3 nitrogen and oxygen atoms in total. The summed E-state index contributed by atoms with van der Waals surface area (Å²) >= 11 is 8.89. The van der Waals surface area contributed by atoms with E-state index >= 15 is 0 Å². The Hall–Kier alpha value is -0.610. The molecule has 0 saturated carbocycles. The van der Waals surface area contributed by atoms with Crippen LogP contribution in [0, 0.1) is 0 Å². The number of rotatable bonds is 0. The Labute approximate surface area is 76.1 Å². The van der Waals surface area contributed by atoms with Crippen LogP contribution in [-0.4, -0.2) is 14.6 Å². The second kappa shape index (κ2) is 2.46. The monoisotopic (exact) mass is 231 g/mol. The van der Waals surface area contributed by atoms with Crippen molar-refractivity contribution >= 4 is 33.2 Å². The summed E-state index contributed by atoms with van der Waals surface area (Å²) in [5.41, 5.74) is 0.740. The number of nitrogens with zero attached hydrogens (tertiary/aromatic N) is 3. The topological polar surface area (TPSA) is 30.2 Å². The highest BCUT2D eigenvalue weighted by Crippen LogP contribution is 2.12. The molecular formula is C6H3BrClN3. The van der Waals surface area contributed by atoms with E-state index in [4.69, 9.17) is 11.6 Å². The lowest BCUT2D eigenvalue weighted by Crippen LogP contribution is -1.84. The summed E-state index contributed by atoms with van der Waals surface area (Å²) in [6.07, 6.45) is 1.79. The van der Waals surface area contributed by atoms with Gasteiger partial charge < -0.3 is 0 Å². The number of halogens is 2. The van der Waals surface area contributed by atoms with Crippen molar-refractivity contribution in [2.75, 3.05) is 0 Å². The highest BCUT2D eigenvalue weighted by atomic mass is 79.9. The lowest BCUT2D eigenvalue weighted by molar-refractivity contribution is 0.960. The van der Waals surface area contributed by atoms with Crippen LogP contribution in [0.25, 0.3) is 5.65 Å². The molecule has 0 aromatic carbocycles. The Morgan fingerprint density at radius 2 is 2.36 bits per heavy atom. The van der Waals surface area contributed by atoms with Gasteiger partial charge in [-0.2, -0.15) is 4.98 Å². The third kappa shape index (κ3) is 1.23. The lowest BCUT2D eigenvalue weighted by Gasteiger charge is -1.89. The number of pyridine rings is 1. The van der Waals surface area contributed by atoms with Gasteiger partial charge in [0.2, 0.25) is 5.28 Å². The molecule has 56 valence electrons. The van der Waals surface area contributed by atoms with E-state index in [-0.39, 0.29) is 5.28 Å². The standard InChI is InChI=1S/C6H3BrClN3/c7-4-1-2-11-5(3-4)9-6(8)10-11/h1-3H. The van der Waals surface area contributed by atoms with Gasteiger partial charge in [0.1, 0.15) is 0 Å². The minimum absolute atomic E-state index is 0.267. The molecule has 2 aromatic rings. The van der Waals surface area contributed by atoms with Gasteiger partial charge in [-0.3, -0.25) is 0 Å². The lowest BCUT2D eigenvalue weighted by atomic mass is 10.5. The van der Waals surface area contributed by atoms with Crippen molar-refractivity contribution in [2.45, 2.75) is 0 Å². The first-order valence-corrected chi connectivity index (χ1v) is 4.10. The predicted octanol–water partition coefficient (Wildman–Crippen LogP) is 2.15. The van der Waals surface area contributed by atoms with Gasteiger partial charge in [0.05, 0.1) is 0 Å². The maximum Gasteiger partial charge on any atom is 0.243 e. The molecule has 0 radical (unpaired) electrons. The van der Waals surface area contributed by atoms with Gasteiger partial charge in [-0.05, 0) is 23.7 Å². The molecular weight excluding hydrogens is 229 g/mol. The number of aromatic nitrogens is 3. The molecule has 2 aromatic heterocycles. The predicted molar refractivity (Wildman–Crippen MR) is 45.7 cm³/mol.